The van der Waals surface area contributed by atoms with E-state index >= 15 is 0 Å². The van der Waals surface area contributed by atoms with E-state index in [0.717, 1.165) is 24.4 Å². The van der Waals surface area contributed by atoms with Crippen molar-refractivity contribution in [1.82, 2.24) is 14.5 Å². The number of aromatic nitrogens is 2. The molecule has 9 heteroatoms. The molecule has 2 atom stereocenters. The molecule has 1 aliphatic rings. The number of hydrogen-bond acceptors (Lipinski definition) is 7. The number of piperidine rings is 1. The largest absolute Gasteiger partial charge is 0.493 e. The molecule has 1 aromatic heterocycles. The molecule has 2 N–H and O–H groups in total. The Kier molecular flexibility index (Phi) is 8.74. The fourth-order valence-corrected chi connectivity index (χ4v) is 4.61. The number of methoxy groups -OCH3 is 1. The maximum absolute atomic E-state index is 11.2. The minimum Gasteiger partial charge on any atom is -0.493 e. The second kappa shape index (κ2) is 12.0. The van der Waals surface area contributed by atoms with Gasteiger partial charge in [0.2, 0.25) is 0 Å². The first-order valence-electron chi connectivity index (χ1n) is 12.1. The van der Waals surface area contributed by atoms with Crippen molar-refractivity contribution < 1.29 is 24.4 Å². The molecule has 1 fully saturated rings. The predicted octanol–water partition coefficient (Wildman–Crippen LogP) is 3.70. The van der Waals surface area contributed by atoms with Crippen molar-refractivity contribution in [2.45, 2.75) is 44.6 Å². The first-order valence-corrected chi connectivity index (χ1v) is 12.5. The molecule has 194 valence electrons. The lowest BCUT2D eigenvalue weighted by Gasteiger charge is -2.42. The van der Waals surface area contributed by atoms with Crippen molar-refractivity contribution in [2.75, 3.05) is 33.4 Å². The highest BCUT2D eigenvalue weighted by Crippen LogP contribution is 2.30. The molecule has 0 spiro atoms. The fourth-order valence-electron chi connectivity index (χ4n) is 4.43. The molecule has 0 unspecified atom stereocenters. The Morgan fingerprint density at radius 1 is 1.17 bits per heavy atom. The van der Waals surface area contributed by atoms with Gasteiger partial charge in [-0.15, -0.1) is 0 Å². The van der Waals surface area contributed by atoms with Crippen LogP contribution >= 0.6 is 11.6 Å². The van der Waals surface area contributed by atoms with Gasteiger partial charge in [0.05, 0.1) is 19.8 Å². The van der Waals surface area contributed by atoms with E-state index in [4.69, 9.17) is 25.8 Å². The average molecular weight is 516 g/mol. The Balaban J connectivity index is 1.32. The summed E-state index contributed by atoms with van der Waals surface area (Å²) in [7, 11) is 1.63. The van der Waals surface area contributed by atoms with Gasteiger partial charge in [-0.05, 0) is 55.7 Å². The number of aryl methyl sites for hydroxylation is 2. The Hall–Kier alpha value is -2.78. The molecule has 0 bridgehead atoms. The fraction of sp³-hybridized carbons (Fsp3) is 0.444. The van der Waals surface area contributed by atoms with Gasteiger partial charge < -0.3 is 29.0 Å². The van der Waals surface area contributed by atoms with Crippen molar-refractivity contribution in [3.05, 3.63) is 71.3 Å². The van der Waals surface area contributed by atoms with E-state index in [-0.39, 0.29) is 13.2 Å². The number of rotatable bonds is 11. The number of halogens is 1. The molecule has 0 radical (unpaired) electrons. The monoisotopic (exact) mass is 515 g/mol. The highest BCUT2D eigenvalue weighted by molar-refractivity contribution is 6.30. The van der Waals surface area contributed by atoms with Crippen LogP contribution in [0.1, 0.15) is 24.2 Å². The third-order valence-corrected chi connectivity index (χ3v) is 6.72. The minimum atomic E-state index is -1.39. The van der Waals surface area contributed by atoms with Gasteiger partial charge in [-0.3, -0.25) is 4.90 Å². The summed E-state index contributed by atoms with van der Waals surface area (Å²) in [5.41, 5.74) is -0.357. The molecule has 36 heavy (non-hydrogen) atoms. The molecule has 1 aliphatic heterocycles. The van der Waals surface area contributed by atoms with E-state index in [1.807, 2.05) is 31.3 Å². The van der Waals surface area contributed by atoms with Crippen LogP contribution in [0.3, 0.4) is 0 Å². The molecule has 0 amide bonds. The van der Waals surface area contributed by atoms with Crippen LogP contribution in [0.15, 0.2) is 54.9 Å². The summed E-state index contributed by atoms with van der Waals surface area (Å²) in [6.45, 7) is 4.91. The van der Waals surface area contributed by atoms with E-state index in [0.29, 0.717) is 48.4 Å². The van der Waals surface area contributed by atoms with Crippen LogP contribution in [-0.2, 0) is 13.1 Å². The normalized spacial score (nSPS) is 20.3. The molecule has 0 saturated carbocycles. The topological polar surface area (TPSA) is 89.2 Å². The van der Waals surface area contributed by atoms with E-state index < -0.39 is 11.7 Å². The van der Waals surface area contributed by atoms with Gasteiger partial charge >= 0.3 is 0 Å². The number of benzene rings is 2. The zero-order chi connectivity index (χ0) is 25.5. The average Bonchev–Trinajstić information content (AvgIpc) is 3.28. The minimum absolute atomic E-state index is 0.0281. The summed E-state index contributed by atoms with van der Waals surface area (Å²) in [6.07, 6.45) is 4.20. The second-order valence-corrected chi connectivity index (χ2v) is 9.66. The lowest BCUT2D eigenvalue weighted by atomic mass is 9.90. The molecule has 1 saturated heterocycles. The second-order valence-electron chi connectivity index (χ2n) is 9.22. The van der Waals surface area contributed by atoms with Crippen LogP contribution in [0.25, 0.3) is 0 Å². The van der Waals surface area contributed by atoms with Crippen LogP contribution in [0.4, 0.5) is 0 Å². The quantitative estimate of drug-likeness (QED) is 0.376. The molecule has 4 rings (SSSR count). The summed E-state index contributed by atoms with van der Waals surface area (Å²) in [5.74, 6) is 2.91. The summed E-state index contributed by atoms with van der Waals surface area (Å²) >= 11 is 6.02. The summed E-state index contributed by atoms with van der Waals surface area (Å²) < 4.78 is 19.4. The molecule has 2 aromatic carbocycles. The van der Waals surface area contributed by atoms with Crippen molar-refractivity contribution in [2.24, 2.45) is 0 Å². The SMILES string of the molecule is COc1cc(CN2CC[C@H](O)[C@@](O)(COc3cccc(Cl)c3)C2)ccc1OCCCn1ccnc1C. The van der Waals surface area contributed by atoms with Crippen LogP contribution in [0.5, 0.6) is 17.2 Å². The van der Waals surface area contributed by atoms with Crippen LogP contribution < -0.4 is 14.2 Å². The van der Waals surface area contributed by atoms with Gasteiger partial charge in [0.1, 0.15) is 23.8 Å². The number of β-amino-alcohol motifs (C(OH)–C–C–N with tert-alkyl or cyclic N) is 1. The lowest BCUT2D eigenvalue weighted by Crippen LogP contribution is -2.59. The van der Waals surface area contributed by atoms with Gasteiger partial charge in [-0.25, -0.2) is 4.98 Å². The first-order chi connectivity index (χ1) is 17.4. The van der Waals surface area contributed by atoms with E-state index in [2.05, 4.69) is 14.5 Å². The smallest absolute Gasteiger partial charge is 0.161 e. The van der Waals surface area contributed by atoms with Gasteiger partial charge in [0.25, 0.3) is 0 Å². The Morgan fingerprint density at radius 2 is 2.03 bits per heavy atom. The standard InChI is InChI=1S/C27H34ClN3O5/c1-20-29-10-13-31(20)11-4-14-35-24-8-7-21(15-25(24)34-2)17-30-12-9-26(32)27(33,18-30)19-36-23-6-3-5-22(28)16-23/h3,5-8,10,13,15-16,26,32-33H,4,9,11-12,14,17-19H2,1-2H3/t26-,27-/m0/s1. The zero-order valence-corrected chi connectivity index (χ0v) is 21.5. The van der Waals surface area contributed by atoms with Gasteiger partial charge in [-0.2, -0.15) is 0 Å². The Bertz CT molecular complexity index is 1140. The maximum atomic E-state index is 11.2. The van der Waals surface area contributed by atoms with Gasteiger partial charge in [-0.1, -0.05) is 23.7 Å². The summed E-state index contributed by atoms with van der Waals surface area (Å²) in [4.78, 5) is 6.34. The van der Waals surface area contributed by atoms with Crippen LogP contribution in [-0.4, -0.2) is 69.8 Å². The number of imidazole rings is 1. The predicted molar refractivity (Wildman–Crippen MR) is 138 cm³/mol. The highest BCUT2D eigenvalue weighted by Gasteiger charge is 2.42. The number of ether oxygens (including phenoxy) is 3. The Morgan fingerprint density at radius 3 is 2.78 bits per heavy atom. The number of hydrogen-bond donors (Lipinski definition) is 2. The molecule has 0 aliphatic carbocycles. The molecular formula is C27H34ClN3O5. The Labute approximate surface area is 217 Å². The number of nitrogens with zero attached hydrogens (tertiary/aromatic N) is 3. The van der Waals surface area contributed by atoms with Crippen LogP contribution in [0.2, 0.25) is 5.02 Å². The van der Waals surface area contributed by atoms with E-state index in [1.165, 1.54) is 0 Å². The van der Waals surface area contributed by atoms with Gasteiger partial charge in [0.15, 0.2) is 11.5 Å². The summed E-state index contributed by atoms with van der Waals surface area (Å²) in [6, 6.07) is 12.9. The highest BCUT2D eigenvalue weighted by atomic mass is 35.5. The van der Waals surface area contributed by atoms with Crippen LogP contribution in [0, 0.1) is 6.92 Å². The van der Waals surface area contributed by atoms with Crippen molar-refractivity contribution in [1.29, 1.82) is 0 Å². The zero-order valence-electron chi connectivity index (χ0n) is 20.8. The van der Waals surface area contributed by atoms with E-state index in [1.54, 1.807) is 37.6 Å². The molecule has 3 aromatic rings. The third kappa shape index (κ3) is 6.70. The third-order valence-electron chi connectivity index (χ3n) is 6.48. The van der Waals surface area contributed by atoms with E-state index in [9.17, 15) is 10.2 Å². The van der Waals surface area contributed by atoms with Crippen molar-refractivity contribution in [3.63, 3.8) is 0 Å². The molecule has 2 heterocycles. The van der Waals surface area contributed by atoms with Crippen molar-refractivity contribution >= 4 is 11.6 Å². The first kappa shape index (κ1) is 26.3. The van der Waals surface area contributed by atoms with Crippen molar-refractivity contribution in [3.8, 4) is 17.2 Å². The number of aliphatic hydroxyl groups excluding tert-OH is 1. The molecule has 8 nitrogen and oxygen atoms in total. The molecular weight excluding hydrogens is 482 g/mol. The number of likely N-dealkylation sites (tertiary alicyclic amines) is 1. The summed E-state index contributed by atoms with van der Waals surface area (Å²) in [5, 5.41) is 22.2. The number of aliphatic hydroxyl groups is 2. The lowest BCUT2D eigenvalue weighted by molar-refractivity contribution is -0.140. The maximum Gasteiger partial charge on any atom is 0.161 e. The van der Waals surface area contributed by atoms with Gasteiger partial charge in [0, 0.05) is 43.6 Å².